The van der Waals surface area contributed by atoms with E-state index in [2.05, 4.69) is 59.8 Å². The quantitative estimate of drug-likeness (QED) is 0.624. The lowest BCUT2D eigenvalue weighted by Gasteiger charge is -2.31. The molecule has 0 amide bonds. The number of aliphatic imine (C=N–C) groups is 1. The third kappa shape index (κ3) is 5.72. The van der Waals surface area contributed by atoms with Gasteiger partial charge in [0.25, 0.3) is 0 Å². The molecule has 0 saturated carbocycles. The molecule has 130 valence electrons. The molecule has 1 aliphatic rings. The topological polar surface area (TPSA) is 44.9 Å². The summed E-state index contributed by atoms with van der Waals surface area (Å²) in [5.41, 5.74) is 8.62. The Hall–Kier alpha value is -1.23. The summed E-state index contributed by atoms with van der Waals surface area (Å²) in [7, 11) is 0. The van der Waals surface area contributed by atoms with E-state index in [1.165, 1.54) is 24.1 Å². The Labute approximate surface area is 151 Å². The van der Waals surface area contributed by atoms with Crippen molar-refractivity contribution in [2.75, 3.05) is 31.1 Å². The molecule has 1 fully saturated rings. The van der Waals surface area contributed by atoms with Gasteiger partial charge in [-0.15, -0.1) is 17.0 Å². The summed E-state index contributed by atoms with van der Waals surface area (Å²) >= 11 is 0. The molecular formula is C18H31BrN4. The van der Waals surface area contributed by atoms with Gasteiger partial charge >= 0.3 is 0 Å². The van der Waals surface area contributed by atoms with E-state index in [0.29, 0.717) is 12.5 Å². The number of anilines is 1. The molecule has 0 radical (unpaired) electrons. The lowest BCUT2D eigenvalue weighted by Crippen LogP contribution is -2.42. The second-order valence-electron chi connectivity index (χ2n) is 6.18. The van der Waals surface area contributed by atoms with Crippen LogP contribution in [0, 0.1) is 5.92 Å². The highest BCUT2D eigenvalue weighted by Crippen LogP contribution is 2.17. The van der Waals surface area contributed by atoms with Gasteiger partial charge in [0.15, 0.2) is 5.96 Å². The molecule has 0 unspecified atom stereocenters. The monoisotopic (exact) mass is 382 g/mol. The number of hydrogen-bond donors (Lipinski definition) is 1. The van der Waals surface area contributed by atoms with Gasteiger partial charge in [-0.1, -0.05) is 19.1 Å². The fraction of sp³-hybridized carbons (Fsp3) is 0.611. The lowest BCUT2D eigenvalue weighted by atomic mass is 10.00. The Balaban J connectivity index is 0.00000264. The van der Waals surface area contributed by atoms with Crippen LogP contribution >= 0.6 is 17.0 Å². The number of nitrogens with zero attached hydrogens (tertiary/aromatic N) is 3. The smallest absolute Gasteiger partial charge is 0.191 e. The molecule has 1 aromatic carbocycles. The number of likely N-dealkylation sites (tertiary alicyclic amines) is 1. The number of guanidine groups is 1. The molecule has 2 N–H and O–H groups in total. The molecule has 1 aromatic rings. The van der Waals surface area contributed by atoms with Crippen LogP contribution in [0.25, 0.3) is 0 Å². The summed E-state index contributed by atoms with van der Waals surface area (Å²) in [6, 6.07) is 8.67. The minimum Gasteiger partial charge on any atom is -0.372 e. The number of benzene rings is 1. The summed E-state index contributed by atoms with van der Waals surface area (Å²) < 4.78 is 0. The third-order valence-electron chi connectivity index (χ3n) is 4.60. The SMILES string of the molecule is Br.CCN(CC)c1ccc(CN=C(N)N2CCC(C)CC2)cc1. The molecule has 23 heavy (non-hydrogen) atoms. The van der Waals surface area contributed by atoms with Crippen LogP contribution in [0.2, 0.25) is 0 Å². The van der Waals surface area contributed by atoms with Gasteiger partial charge in [0, 0.05) is 31.9 Å². The van der Waals surface area contributed by atoms with Crippen molar-refractivity contribution in [3.05, 3.63) is 29.8 Å². The highest BCUT2D eigenvalue weighted by Gasteiger charge is 2.16. The third-order valence-corrected chi connectivity index (χ3v) is 4.60. The number of piperidine rings is 1. The van der Waals surface area contributed by atoms with Gasteiger partial charge in [-0.25, -0.2) is 4.99 Å². The lowest BCUT2D eigenvalue weighted by molar-refractivity contribution is 0.277. The van der Waals surface area contributed by atoms with E-state index in [1.807, 2.05) is 0 Å². The minimum atomic E-state index is 0. The molecule has 4 nitrogen and oxygen atoms in total. The number of nitrogens with two attached hydrogens (primary N) is 1. The second kappa shape index (κ2) is 9.81. The minimum absolute atomic E-state index is 0. The van der Waals surface area contributed by atoms with Gasteiger partial charge < -0.3 is 15.5 Å². The van der Waals surface area contributed by atoms with Gasteiger partial charge in [-0.05, 0) is 50.3 Å². The zero-order valence-corrected chi connectivity index (χ0v) is 16.4. The number of hydrogen-bond acceptors (Lipinski definition) is 2. The zero-order valence-electron chi connectivity index (χ0n) is 14.7. The Morgan fingerprint density at radius 3 is 2.26 bits per heavy atom. The fourth-order valence-electron chi connectivity index (χ4n) is 2.91. The fourth-order valence-corrected chi connectivity index (χ4v) is 2.91. The van der Waals surface area contributed by atoms with Crippen LogP contribution in [-0.2, 0) is 6.54 Å². The van der Waals surface area contributed by atoms with Crippen LogP contribution in [0.4, 0.5) is 5.69 Å². The van der Waals surface area contributed by atoms with E-state index >= 15 is 0 Å². The molecule has 1 saturated heterocycles. The summed E-state index contributed by atoms with van der Waals surface area (Å²) in [6.45, 7) is 11.5. The van der Waals surface area contributed by atoms with Crippen molar-refractivity contribution < 1.29 is 0 Å². The second-order valence-corrected chi connectivity index (χ2v) is 6.18. The maximum atomic E-state index is 6.13. The highest BCUT2D eigenvalue weighted by molar-refractivity contribution is 8.93. The molecular weight excluding hydrogens is 352 g/mol. The van der Waals surface area contributed by atoms with Crippen molar-refractivity contribution in [3.63, 3.8) is 0 Å². The van der Waals surface area contributed by atoms with Gasteiger partial charge in [-0.3, -0.25) is 0 Å². The highest BCUT2D eigenvalue weighted by atomic mass is 79.9. The molecule has 1 aliphatic heterocycles. The van der Waals surface area contributed by atoms with E-state index in [0.717, 1.165) is 32.1 Å². The predicted octanol–water partition coefficient (Wildman–Crippen LogP) is 3.66. The molecule has 0 aliphatic carbocycles. The molecule has 5 heteroatoms. The van der Waals surface area contributed by atoms with E-state index in [-0.39, 0.29) is 17.0 Å². The van der Waals surface area contributed by atoms with Gasteiger partial charge in [-0.2, -0.15) is 0 Å². The maximum Gasteiger partial charge on any atom is 0.191 e. The van der Waals surface area contributed by atoms with Crippen LogP contribution in [-0.4, -0.2) is 37.0 Å². The van der Waals surface area contributed by atoms with Crippen molar-refractivity contribution >= 4 is 28.6 Å². The van der Waals surface area contributed by atoms with Gasteiger partial charge in [0.1, 0.15) is 0 Å². The maximum absolute atomic E-state index is 6.13. The average molecular weight is 383 g/mol. The zero-order chi connectivity index (χ0) is 15.9. The molecule has 0 bridgehead atoms. The summed E-state index contributed by atoms with van der Waals surface area (Å²) in [4.78, 5) is 9.12. The molecule has 1 heterocycles. The Morgan fingerprint density at radius 2 is 1.74 bits per heavy atom. The van der Waals surface area contributed by atoms with Crippen LogP contribution in [0.15, 0.2) is 29.3 Å². The van der Waals surface area contributed by atoms with Crippen LogP contribution in [0.1, 0.15) is 39.2 Å². The first-order valence-electron chi connectivity index (χ1n) is 8.52. The first-order valence-corrected chi connectivity index (χ1v) is 8.52. The first-order chi connectivity index (χ1) is 10.6. The van der Waals surface area contributed by atoms with E-state index in [4.69, 9.17) is 5.73 Å². The van der Waals surface area contributed by atoms with Crippen molar-refractivity contribution in [2.45, 2.75) is 40.2 Å². The number of halogens is 1. The van der Waals surface area contributed by atoms with Crippen molar-refractivity contribution in [2.24, 2.45) is 16.6 Å². The van der Waals surface area contributed by atoms with E-state index in [1.54, 1.807) is 0 Å². The van der Waals surface area contributed by atoms with Crippen LogP contribution < -0.4 is 10.6 Å². The summed E-state index contributed by atoms with van der Waals surface area (Å²) in [5.74, 6) is 1.51. The predicted molar refractivity (Wildman–Crippen MR) is 106 cm³/mol. The Kier molecular flexibility index (Phi) is 8.45. The molecule has 0 aromatic heterocycles. The number of rotatable bonds is 5. The normalized spacial score (nSPS) is 16.1. The van der Waals surface area contributed by atoms with Crippen molar-refractivity contribution in [1.82, 2.24) is 4.90 Å². The summed E-state index contributed by atoms with van der Waals surface area (Å²) in [5, 5.41) is 0. The Morgan fingerprint density at radius 1 is 1.17 bits per heavy atom. The van der Waals surface area contributed by atoms with Crippen LogP contribution in [0.5, 0.6) is 0 Å². The van der Waals surface area contributed by atoms with Crippen LogP contribution in [0.3, 0.4) is 0 Å². The van der Waals surface area contributed by atoms with E-state index in [9.17, 15) is 0 Å². The first kappa shape index (κ1) is 19.8. The van der Waals surface area contributed by atoms with E-state index < -0.39 is 0 Å². The summed E-state index contributed by atoms with van der Waals surface area (Å²) in [6.07, 6.45) is 2.43. The molecule has 2 rings (SSSR count). The van der Waals surface area contributed by atoms with Crippen molar-refractivity contribution in [3.8, 4) is 0 Å². The average Bonchev–Trinajstić information content (AvgIpc) is 2.55. The van der Waals surface area contributed by atoms with Gasteiger partial charge in [0.05, 0.1) is 6.54 Å². The van der Waals surface area contributed by atoms with Crippen molar-refractivity contribution in [1.29, 1.82) is 0 Å². The Bertz CT molecular complexity index is 474. The molecule has 0 spiro atoms. The molecule has 0 atom stereocenters. The largest absolute Gasteiger partial charge is 0.372 e. The standard InChI is InChI=1S/C18H30N4.BrH/c1-4-21(5-2)17-8-6-16(7-9-17)14-20-18(19)22-12-10-15(3)11-13-22;/h6-9,15H,4-5,10-14H2,1-3H3,(H2,19,20);1H. The van der Waals surface area contributed by atoms with Gasteiger partial charge in [0.2, 0.25) is 0 Å².